The molecule has 5 nitrogen and oxygen atoms in total. The SMILES string of the molecule is CCCOc1cc(/C=N\S(=O)(=O)c2cccs2)ccc1OC. The lowest BCUT2D eigenvalue weighted by atomic mass is 10.2. The molecule has 0 radical (unpaired) electrons. The van der Waals surface area contributed by atoms with Crippen LogP contribution in [-0.2, 0) is 10.0 Å². The van der Waals surface area contributed by atoms with Crippen molar-refractivity contribution in [2.24, 2.45) is 4.40 Å². The predicted molar refractivity (Wildman–Crippen MR) is 87.9 cm³/mol. The van der Waals surface area contributed by atoms with Crippen LogP contribution in [0.5, 0.6) is 11.5 Å². The fourth-order valence-corrected chi connectivity index (χ4v) is 3.54. The van der Waals surface area contributed by atoms with Gasteiger partial charge in [-0.2, -0.15) is 12.8 Å². The number of hydrogen-bond donors (Lipinski definition) is 0. The fraction of sp³-hybridized carbons (Fsp3) is 0.267. The van der Waals surface area contributed by atoms with E-state index in [0.717, 1.165) is 17.8 Å². The molecule has 2 rings (SSSR count). The maximum absolute atomic E-state index is 12.0. The molecule has 0 saturated carbocycles. The van der Waals surface area contributed by atoms with Crippen molar-refractivity contribution in [3.05, 3.63) is 41.3 Å². The normalized spacial score (nSPS) is 11.7. The van der Waals surface area contributed by atoms with E-state index in [1.54, 1.807) is 36.8 Å². The zero-order valence-corrected chi connectivity index (χ0v) is 14.0. The summed E-state index contributed by atoms with van der Waals surface area (Å²) in [6, 6.07) is 8.37. The lowest BCUT2D eigenvalue weighted by molar-refractivity contribution is 0.294. The molecule has 0 fully saturated rings. The molecule has 2 aromatic rings. The van der Waals surface area contributed by atoms with E-state index < -0.39 is 10.0 Å². The molecular weight excluding hydrogens is 322 g/mol. The van der Waals surface area contributed by atoms with Crippen LogP contribution in [0.3, 0.4) is 0 Å². The lowest BCUT2D eigenvalue weighted by Crippen LogP contribution is -1.99. The van der Waals surface area contributed by atoms with Gasteiger partial charge in [0.1, 0.15) is 4.21 Å². The zero-order valence-electron chi connectivity index (χ0n) is 12.4. The summed E-state index contributed by atoms with van der Waals surface area (Å²) in [4.78, 5) is 0. The van der Waals surface area contributed by atoms with E-state index >= 15 is 0 Å². The molecule has 1 aromatic heterocycles. The first-order chi connectivity index (χ1) is 10.6. The van der Waals surface area contributed by atoms with Crippen molar-refractivity contribution in [2.75, 3.05) is 13.7 Å². The minimum Gasteiger partial charge on any atom is -0.493 e. The van der Waals surface area contributed by atoms with Crippen molar-refractivity contribution in [3.8, 4) is 11.5 Å². The summed E-state index contributed by atoms with van der Waals surface area (Å²) in [5.41, 5.74) is 0.632. The molecule has 0 saturated heterocycles. The summed E-state index contributed by atoms with van der Waals surface area (Å²) in [5.74, 6) is 1.17. The van der Waals surface area contributed by atoms with Crippen LogP contribution >= 0.6 is 11.3 Å². The third-order valence-electron chi connectivity index (χ3n) is 2.74. The van der Waals surface area contributed by atoms with E-state index in [1.807, 2.05) is 6.92 Å². The van der Waals surface area contributed by atoms with Crippen molar-refractivity contribution < 1.29 is 17.9 Å². The second-order valence-electron chi connectivity index (χ2n) is 4.40. The quantitative estimate of drug-likeness (QED) is 0.726. The van der Waals surface area contributed by atoms with Crippen LogP contribution in [0.1, 0.15) is 18.9 Å². The number of rotatable bonds is 7. The molecule has 7 heteroatoms. The topological polar surface area (TPSA) is 65.0 Å². The minimum absolute atomic E-state index is 0.222. The van der Waals surface area contributed by atoms with E-state index in [4.69, 9.17) is 9.47 Å². The highest BCUT2D eigenvalue weighted by Crippen LogP contribution is 2.28. The van der Waals surface area contributed by atoms with Gasteiger partial charge in [-0.05, 0) is 41.6 Å². The second-order valence-corrected chi connectivity index (χ2v) is 7.21. The van der Waals surface area contributed by atoms with E-state index in [2.05, 4.69) is 4.40 Å². The molecule has 22 heavy (non-hydrogen) atoms. The Morgan fingerprint density at radius 2 is 2.09 bits per heavy atom. The van der Waals surface area contributed by atoms with Crippen molar-refractivity contribution in [1.82, 2.24) is 0 Å². The number of methoxy groups -OCH3 is 1. The summed E-state index contributed by atoms with van der Waals surface area (Å²) < 4.78 is 38.7. The van der Waals surface area contributed by atoms with E-state index in [9.17, 15) is 8.42 Å². The van der Waals surface area contributed by atoms with Gasteiger partial charge < -0.3 is 9.47 Å². The highest BCUT2D eigenvalue weighted by molar-refractivity contribution is 7.92. The molecular formula is C15H17NO4S2. The number of nitrogens with zero attached hydrogens (tertiary/aromatic N) is 1. The summed E-state index contributed by atoms with van der Waals surface area (Å²) in [6.07, 6.45) is 2.18. The van der Waals surface area contributed by atoms with Crippen LogP contribution in [0.2, 0.25) is 0 Å². The van der Waals surface area contributed by atoms with Gasteiger partial charge in [0, 0.05) is 6.21 Å². The largest absolute Gasteiger partial charge is 0.493 e. The molecule has 1 heterocycles. The fourth-order valence-electron chi connectivity index (χ4n) is 1.69. The monoisotopic (exact) mass is 339 g/mol. The highest BCUT2D eigenvalue weighted by atomic mass is 32.2. The van der Waals surface area contributed by atoms with Crippen LogP contribution in [0.4, 0.5) is 0 Å². The van der Waals surface area contributed by atoms with Crippen molar-refractivity contribution in [1.29, 1.82) is 0 Å². The first kappa shape index (κ1) is 16.5. The summed E-state index contributed by atoms with van der Waals surface area (Å²) in [6.45, 7) is 2.57. The molecule has 0 amide bonds. The molecule has 0 spiro atoms. The van der Waals surface area contributed by atoms with Gasteiger partial charge in [-0.3, -0.25) is 0 Å². The van der Waals surface area contributed by atoms with E-state index in [0.29, 0.717) is 23.7 Å². The number of sulfonamides is 1. The molecule has 0 N–H and O–H groups in total. The van der Waals surface area contributed by atoms with Gasteiger partial charge in [0.05, 0.1) is 13.7 Å². The van der Waals surface area contributed by atoms with E-state index in [-0.39, 0.29) is 4.21 Å². The Morgan fingerprint density at radius 3 is 2.73 bits per heavy atom. The Labute approximate surface area is 134 Å². The van der Waals surface area contributed by atoms with Gasteiger partial charge in [0.2, 0.25) is 0 Å². The third-order valence-corrected chi connectivity index (χ3v) is 5.35. The first-order valence-electron chi connectivity index (χ1n) is 6.71. The maximum atomic E-state index is 12.0. The molecule has 0 atom stereocenters. The Bertz CT molecular complexity index is 737. The zero-order chi connectivity index (χ0) is 16.0. The molecule has 0 aliphatic heterocycles. The molecule has 1 aromatic carbocycles. The average Bonchev–Trinajstić information content (AvgIpc) is 3.06. The summed E-state index contributed by atoms with van der Waals surface area (Å²) in [7, 11) is -2.09. The first-order valence-corrected chi connectivity index (χ1v) is 9.03. The van der Waals surface area contributed by atoms with Crippen molar-refractivity contribution in [3.63, 3.8) is 0 Å². The number of benzene rings is 1. The maximum Gasteiger partial charge on any atom is 0.291 e. The van der Waals surface area contributed by atoms with Gasteiger partial charge in [0.15, 0.2) is 11.5 Å². The Kier molecular flexibility index (Phi) is 5.57. The third kappa shape index (κ3) is 4.08. The van der Waals surface area contributed by atoms with Crippen LogP contribution < -0.4 is 9.47 Å². The van der Waals surface area contributed by atoms with Crippen LogP contribution in [0.15, 0.2) is 44.3 Å². The van der Waals surface area contributed by atoms with Crippen molar-refractivity contribution in [2.45, 2.75) is 17.6 Å². The van der Waals surface area contributed by atoms with Crippen molar-refractivity contribution >= 4 is 27.6 Å². The molecule has 0 unspecified atom stereocenters. The Hall–Kier alpha value is -1.86. The average molecular weight is 339 g/mol. The minimum atomic E-state index is -3.64. The lowest BCUT2D eigenvalue weighted by Gasteiger charge is -2.10. The van der Waals surface area contributed by atoms with Gasteiger partial charge >= 0.3 is 0 Å². The van der Waals surface area contributed by atoms with Gasteiger partial charge in [-0.25, -0.2) is 0 Å². The smallest absolute Gasteiger partial charge is 0.291 e. The highest BCUT2D eigenvalue weighted by Gasteiger charge is 2.12. The van der Waals surface area contributed by atoms with Gasteiger partial charge in [-0.1, -0.05) is 13.0 Å². The van der Waals surface area contributed by atoms with Crippen LogP contribution in [0.25, 0.3) is 0 Å². The second kappa shape index (κ2) is 7.42. The Balaban J connectivity index is 2.24. The molecule has 0 aliphatic rings. The van der Waals surface area contributed by atoms with Crippen LogP contribution in [0, 0.1) is 0 Å². The number of hydrogen-bond acceptors (Lipinski definition) is 5. The molecule has 0 bridgehead atoms. The van der Waals surface area contributed by atoms with Gasteiger partial charge in [-0.15, -0.1) is 11.3 Å². The molecule has 0 aliphatic carbocycles. The van der Waals surface area contributed by atoms with Gasteiger partial charge in [0.25, 0.3) is 10.0 Å². The standard InChI is InChI=1S/C15H17NO4S2/c1-3-8-20-14-10-12(6-7-13(14)19-2)11-16-22(17,18)15-5-4-9-21-15/h4-7,9-11H,3,8H2,1-2H3/b16-11-. The molecule has 118 valence electrons. The summed E-state index contributed by atoms with van der Waals surface area (Å²) in [5, 5.41) is 1.70. The van der Waals surface area contributed by atoms with E-state index in [1.165, 1.54) is 12.3 Å². The summed E-state index contributed by atoms with van der Waals surface area (Å²) >= 11 is 1.14. The Morgan fingerprint density at radius 1 is 1.27 bits per heavy atom. The predicted octanol–water partition coefficient (Wildman–Crippen LogP) is 3.35. The number of ether oxygens (including phenoxy) is 2. The number of thiophene rings is 1. The van der Waals surface area contributed by atoms with Crippen LogP contribution in [-0.4, -0.2) is 28.3 Å².